The average Bonchev–Trinajstić information content (AvgIpc) is 1.91. The second-order valence-corrected chi connectivity index (χ2v) is 3.02. The normalized spacial score (nSPS) is 22.3. The minimum Gasteiger partial charge on any atom is -0.381 e. The number of hydrogen-bond acceptors (Lipinski definition) is 2. The summed E-state index contributed by atoms with van der Waals surface area (Å²) in [6, 6.07) is 0. The summed E-state index contributed by atoms with van der Waals surface area (Å²) in [6.45, 7) is 1.94. The molecule has 54 valence electrons. The first-order valence-corrected chi connectivity index (χ1v) is 4.25. The van der Waals surface area contributed by atoms with Crippen LogP contribution in [0.4, 0.5) is 0 Å². The first-order chi connectivity index (χ1) is 4.43. The molecule has 1 rings (SSSR count). The van der Waals surface area contributed by atoms with Crippen molar-refractivity contribution < 1.29 is 4.74 Å². The minimum atomic E-state index is 0.899. The molecule has 1 aliphatic rings. The van der Waals surface area contributed by atoms with E-state index in [1.54, 1.807) is 0 Å². The Morgan fingerprint density at radius 2 is 2.00 bits per heavy atom. The molecule has 1 heterocycles. The molecule has 0 aliphatic carbocycles. The number of rotatable bonds is 2. The molecule has 0 bridgehead atoms. The summed E-state index contributed by atoms with van der Waals surface area (Å²) in [4.78, 5) is 0. The van der Waals surface area contributed by atoms with E-state index in [0.29, 0.717) is 0 Å². The van der Waals surface area contributed by atoms with Crippen molar-refractivity contribution in [3.05, 3.63) is 0 Å². The lowest BCUT2D eigenvalue weighted by Crippen LogP contribution is -2.15. The molecule has 0 unspecified atom stereocenters. The monoisotopic (exact) mass is 146 g/mol. The van der Waals surface area contributed by atoms with Gasteiger partial charge in [-0.25, -0.2) is 0 Å². The van der Waals surface area contributed by atoms with Gasteiger partial charge in [-0.05, 0) is 30.9 Å². The van der Waals surface area contributed by atoms with Gasteiger partial charge in [0.1, 0.15) is 0 Å². The van der Waals surface area contributed by atoms with Crippen molar-refractivity contribution in [2.24, 2.45) is 5.92 Å². The first-order valence-electron chi connectivity index (χ1n) is 3.62. The van der Waals surface area contributed by atoms with Crippen LogP contribution >= 0.6 is 12.6 Å². The molecular formula is C7H14OS. The van der Waals surface area contributed by atoms with Gasteiger partial charge < -0.3 is 4.74 Å². The summed E-state index contributed by atoms with van der Waals surface area (Å²) in [6.07, 6.45) is 3.77. The lowest BCUT2D eigenvalue weighted by Gasteiger charge is -2.20. The van der Waals surface area contributed by atoms with Gasteiger partial charge in [-0.3, -0.25) is 0 Å². The van der Waals surface area contributed by atoms with Crippen LogP contribution in [0.2, 0.25) is 0 Å². The molecule has 2 heteroatoms. The Morgan fingerprint density at radius 3 is 2.56 bits per heavy atom. The van der Waals surface area contributed by atoms with Crippen LogP contribution in [0.3, 0.4) is 0 Å². The fraction of sp³-hybridized carbons (Fsp3) is 1.00. The molecule has 9 heavy (non-hydrogen) atoms. The highest BCUT2D eigenvalue weighted by Gasteiger charge is 2.11. The molecule has 0 amide bonds. The van der Waals surface area contributed by atoms with Crippen molar-refractivity contribution in [1.29, 1.82) is 0 Å². The van der Waals surface area contributed by atoms with Crippen LogP contribution in [0.5, 0.6) is 0 Å². The molecule has 1 saturated heterocycles. The van der Waals surface area contributed by atoms with E-state index in [2.05, 4.69) is 12.6 Å². The largest absolute Gasteiger partial charge is 0.381 e. The molecular weight excluding hydrogens is 132 g/mol. The van der Waals surface area contributed by atoms with E-state index in [1.165, 1.54) is 19.3 Å². The summed E-state index contributed by atoms with van der Waals surface area (Å²) in [7, 11) is 0. The summed E-state index contributed by atoms with van der Waals surface area (Å²) in [5, 5.41) is 0. The van der Waals surface area contributed by atoms with Gasteiger partial charge in [0, 0.05) is 13.2 Å². The third-order valence-electron chi connectivity index (χ3n) is 1.88. The highest BCUT2D eigenvalue weighted by Crippen LogP contribution is 2.18. The Kier molecular flexibility index (Phi) is 3.44. The van der Waals surface area contributed by atoms with Crippen molar-refractivity contribution in [2.75, 3.05) is 19.0 Å². The van der Waals surface area contributed by atoms with Gasteiger partial charge in [-0.15, -0.1) is 0 Å². The smallest absolute Gasteiger partial charge is 0.0468 e. The average molecular weight is 146 g/mol. The molecule has 1 fully saturated rings. The highest BCUT2D eigenvalue weighted by molar-refractivity contribution is 7.80. The van der Waals surface area contributed by atoms with E-state index in [0.717, 1.165) is 24.9 Å². The molecule has 0 saturated carbocycles. The van der Waals surface area contributed by atoms with Gasteiger partial charge >= 0.3 is 0 Å². The van der Waals surface area contributed by atoms with E-state index < -0.39 is 0 Å². The molecule has 1 aliphatic heterocycles. The summed E-state index contributed by atoms with van der Waals surface area (Å²) >= 11 is 4.19. The topological polar surface area (TPSA) is 9.23 Å². The molecule has 0 aromatic heterocycles. The predicted octanol–water partition coefficient (Wildman–Crippen LogP) is 1.73. The van der Waals surface area contributed by atoms with Gasteiger partial charge in [0.15, 0.2) is 0 Å². The zero-order valence-corrected chi connectivity index (χ0v) is 6.57. The van der Waals surface area contributed by atoms with Gasteiger partial charge in [0.25, 0.3) is 0 Å². The molecule has 0 aromatic carbocycles. The fourth-order valence-electron chi connectivity index (χ4n) is 1.22. The maximum absolute atomic E-state index is 5.22. The van der Waals surface area contributed by atoms with Crippen molar-refractivity contribution in [1.82, 2.24) is 0 Å². The van der Waals surface area contributed by atoms with Crippen LogP contribution in [0, 0.1) is 5.92 Å². The SMILES string of the molecule is SCCC1CCOCC1. The Hall–Kier alpha value is 0.310. The fourth-order valence-corrected chi connectivity index (χ4v) is 1.58. The predicted molar refractivity (Wildman–Crippen MR) is 42.0 cm³/mol. The van der Waals surface area contributed by atoms with E-state index >= 15 is 0 Å². The molecule has 0 aromatic rings. The van der Waals surface area contributed by atoms with Crippen molar-refractivity contribution in [3.63, 3.8) is 0 Å². The third-order valence-corrected chi connectivity index (χ3v) is 2.14. The second kappa shape index (κ2) is 4.18. The minimum absolute atomic E-state index is 0.899. The Morgan fingerprint density at radius 1 is 1.33 bits per heavy atom. The van der Waals surface area contributed by atoms with Crippen molar-refractivity contribution in [2.45, 2.75) is 19.3 Å². The van der Waals surface area contributed by atoms with Crippen LogP contribution < -0.4 is 0 Å². The third kappa shape index (κ3) is 2.59. The number of thiol groups is 1. The van der Waals surface area contributed by atoms with E-state index in [9.17, 15) is 0 Å². The van der Waals surface area contributed by atoms with Gasteiger partial charge in [0.2, 0.25) is 0 Å². The molecule has 0 atom stereocenters. The standard InChI is InChI=1S/C7H14OS/c9-6-3-7-1-4-8-5-2-7/h7,9H,1-6H2. The van der Waals surface area contributed by atoms with Crippen LogP contribution in [0.1, 0.15) is 19.3 Å². The van der Waals surface area contributed by atoms with Crippen molar-refractivity contribution >= 4 is 12.6 Å². The Labute approximate surface area is 62.2 Å². The lowest BCUT2D eigenvalue weighted by molar-refractivity contribution is 0.0657. The van der Waals surface area contributed by atoms with Crippen molar-refractivity contribution in [3.8, 4) is 0 Å². The summed E-state index contributed by atoms with van der Waals surface area (Å²) in [5.41, 5.74) is 0. The molecule has 1 nitrogen and oxygen atoms in total. The summed E-state index contributed by atoms with van der Waals surface area (Å²) < 4.78 is 5.22. The maximum atomic E-state index is 5.22. The Balaban J connectivity index is 2.08. The zero-order chi connectivity index (χ0) is 6.53. The first kappa shape index (κ1) is 7.42. The van der Waals surface area contributed by atoms with Gasteiger partial charge in [0.05, 0.1) is 0 Å². The van der Waals surface area contributed by atoms with E-state index in [4.69, 9.17) is 4.74 Å². The molecule has 0 N–H and O–H groups in total. The second-order valence-electron chi connectivity index (χ2n) is 2.57. The Bertz CT molecular complexity index is 66.6. The zero-order valence-electron chi connectivity index (χ0n) is 5.68. The van der Waals surface area contributed by atoms with E-state index in [1.807, 2.05) is 0 Å². The van der Waals surface area contributed by atoms with Gasteiger partial charge in [-0.1, -0.05) is 0 Å². The van der Waals surface area contributed by atoms with Crippen LogP contribution in [-0.4, -0.2) is 19.0 Å². The summed E-state index contributed by atoms with van der Waals surface area (Å²) in [5.74, 6) is 1.93. The van der Waals surface area contributed by atoms with Crippen LogP contribution in [0.25, 0.3) is 0 Å². The highest BCUT2D eigenvalue weighted by atomic mass is 32.1. The van der Waals surface area contributed by atoms with Crippen LogP contribution in [0.15, 0.2) is 0 Å². The lowest BCUT2D eigenvalue weighted by atomic mass is 9.98. The number of ether oxygens (including phenoxy) is 1. The van der Waals surface area contributed by atoms with Crippen LogP contribution in [-0.2, 0) is 4.74 Å². The maximum Gasteiger partial charge on any atom is 0.0468 e. The number of hydrogen-bond donors (Lipinski definition) is 1. The molecule has 0 radical (unpaired) electrons. The molecule has 0 spiro atoms. The quantitative estimate of drug-likeness (QED) is 0.584. The van der Waals surface area contributed by atoms with E-state index in [-0.39, 0.29) is 0 Å². The van der Waals surface area contributed by atoms with Gasteiger partial charge in [-0.2, -0.15) is 12.6 Å².